The van der Waals surface area contributed by atoms with E-state index in [1.54, 1.807) is 30.3 Å². The van der Waals surface area contributed by atoms with Gasteiger partial charge in [0, 0.05) is 18.1 Å². The lowest BCUT2D eigenvalue weighted by molar-refractivity contribution is 0.0760. The summed E-state index contributed by atoms with van der Waals surface area (Å²) in [5.41, 5.74) is 2.14. The van der Waals surface area contributed by atoms with E-state index in [1.165, 1.54) is 11.1 Å². The Morgan fingerprint density at radius 1 is 1.04 bits per heavy atom. The third kappa shape index (κ3) is 3.59. The summed E-state index contributed by atoms with van der Waals surface area (Å²) in [6, 6.07) is 14.3. The second kappa shape index (κ2) is 7.48. The van der Waals surface area contributed by atoms with Crippen LogP contribution < -0.4 is 0 Å². The third-order valence-corrected chi connectivity index (χ3v) is 7.40. The molecule has 1 aliphatic rings. The maximum atomic E-state index is 12.9. The fourth-order valence-corrected chi connectivity index (χ4v) is 5.60. The quantitative estimate of drug-likeness (QED) is 0.641. The number of benzene rings is 2. The molecule has 0 N–H and O–H groups in total. The Labute approximate surface area is 168 Å². The van der Waals surface area contributed by atoms with Gasteiger partial charge in [-0.25, -0.2) is 13.4 Å². The van der Waals surface area contributed by atoms with Gasteiger partial charge >= 0.3 is 0 Å². The lowest BCUT2D eigenvalue weighted by Gasteiger charge is -2.19. The van der Waals surface area contributed by atoms with E-state index >= 15 is 0 Å². The van der Waals surface area contributed by atoms with E-state index in [2.05, 4.69) is 9.97 Å². The molecular weight excluding hydrogens is 398 g/mol. The summed E-state index contributed by atoms with van der Waals surface area (Å²) in [7, 11) is -3.43. The molecular formula is C20H18ClN3O3S. The van der Waals surface area contributed by atoms with Crippen molar-refractivity contribution in [3.05, 3.63) is 71.0 Å². The van der Waals surface area contributed by atoms with Crippen LogP contribution in [0.1, 0.15) is 27.7 Å². The predicted octanol–water partition coefficient (Wildman–Crippen LogP) is 3.29. The molecule has 28 heavy (non-hydrogen) atoms. The van der Waals surface area contributed by atoms with Crippen molar-refractivity contribution in [1.29, 1.82) is 0 Å². The number of hydrogen-bond donors (Lipinski definition) is 0. The van der Waals surface area contributed by atoms with E-state index in [0.717, 1.165) is 0 Å². The van der Waals surface area contributed by atoms with Crippen molar-refractivity contribution in [3.63, 3.8) is 0 Å². The summed E-state index contributed by atoms with van der Waals surface area (Å²) in [5, 5.41) is -0.294. The van der Waals surface area contributed by atoms with Gasteiger partial charge < -0.3 is 4.90 Å². The second-order valence-corrected chi connectivity index (χ2v) is 9.41. The molecule has 1 aromatic heterocycles. The van der Waals surface area contributed by atoms with Gasteiger partial charge in [0.1, 0.15) is 5.69 Å². The summed E-state index contributed by atoms with van der Waals surface area (Å²) < 4.78 is 25.6. The zero-order chi connectivity index (χ0) is 19.7. The topological polar surface area (TPSA) is 80.2 Å². The van der Waals surface area contributed by atoms with E-state index in [-0.39, 0.29) is 23.9 Å². The van der Waals surface area contributed by atoms with Crippen molar-refractivity contribution in [2.75, 3.05) is 18.8 Å². The molecule has 0 spiro atoms. The number of carbonyl (C=O) groups excluding carboxylic acids is 1. The van der Waals surface area contributed by atoms with Gasteiger partial charge in [0.2, 0.25) is 0 Å². The summed E-state index contributed by atoms with van der Waals surface area (Å²) in [4.78, 5) is 23.1. The van der Waals surface area contributed by atoms with Crippen LogP contribution >= 0.6 is 11.6 Å². The highest BCUT2D eigenvalue weighted by Gasteiger charge is 2.34. The molecule has 0 saturated carbocycles. The zero-order valence-corrected chi connectivity index (χ0v) is 16.5. The smallest absolute Gasteiger partial charge is 0.274 e. The maximum absolute atomic E-state index is 12.9. The molecule has 6 nitrogen and oxygen atoms in total. The Hall–Kier alpha value is -2.51. The molecule has 1 aliphatic heterocycles. The lowest BCUT2D eigenvalue weighted by Crippen LogP contribution is -2.34. The van der Waals surface area contributed by atoms with Crippen molar-refractivity contribution in [2.24, 2.45) is 0 Å². The van der Waals surface area contributed by atoms with Crippen LogP contribution in [-0.2, 0) is 9.84 Å². The largest absolute Gasteiger partial charge is 0.336 e. The van der Waals surface area contributed by atoms with E-state index in [4.69, 9.17) is 11.6 Å². The number of rotatable bonds is 2. The van der Waals surface area contributed by atoms with Gasteiger partial charge in [-0.1, -0.05) is 41.9 Å². The minimum absolute atomic E-state index is 0.115. The summed E-state index contributed by atoms with van der Waals surface area (Å²) >= 11 is 6.23. The second-order valence-electron chi connectivity index (χ2n) is 6.70. The van der Waals surface area contributed by atoms with Crippen molar-refractivity contribution in [3.8, 4) is 0 Å². The van der Waals surface area contributed by atoms with E-state index in [9.17, 15) is 13.2 Å². The number of fused-ring (bicyclic) bond motifs is 1. The van der Waals surface area contributed by atoms with Crippen LogP contribution in [0.15, 0.2) is 54.7 Å². The van der Waals surface area contributed by atoms with Gasteiger partial charge in [-0.2, -0.15) is 0 Å². The molecule has 0 radical (unpaired) electrons. The van der Waals surface area contributed by atoms with Crippen LogP contribution in [0.25, 0.3) is 11.0 Å². The molecule has 1 unspecified atom stereocenters. The summed E-state index contributed by atoms with van der Waals surface area (Å²) in [6.07, 6.45) is 1.73. The Balaban J connectivity index is 1.60. The molecule has 2 aromatic carbocycles. The number of hydrogen-bond acceptors (Lipinski definition) is 5. The molecule has 0 bridgehead atoms. The number of para-hydroxylation sites is 2. The Kier molecular flexibility index (Phi) is 5.03. The minimum Gasteiger partial charge on any atom is -0.336 e. The molecule has 1 amide bonds. The van der Waals surface area contributed by atoms with Crippen LogP contribution in [0.5, 0.6) is 0 Å². The molecule has 0 aliphatic carbocycles. The molecule has 8 heteroatoms. The number of halogens is 1. The van der Waals surface area contributed by atoms with Crippen molar-refractivity contribution >= 4 is 38.4 Å². The maximum Gasteiger partial charge on any atom is 0.274 e. The number of sulfone groups is 1. The van der Waals surface area contributed by atoms with Crippen molar-refractivity contribution in [2.45, 2.75) is 11.7 Å². The molecule has 144 valence electrons. The van der Waals surface area contributed by atoms with Crippen molar-refractivity contribution in [1.82, 2.24) is 14.9 Å². The average molecular weight is 416 g/mol. The van der Waals surface area contributed by atoms with E-state index in [1.807, 2.05) is 18.2 Å². The summed E-state index contributed by atoms with van der Waals surface area (Å²) in [6.45, 7) is 0.430. The fourth-order valence-electron chi connectivity index (χ4n) is 3.45. The first-order chi connectivity index (χ1) is 13.5. The Bertz CT molecular complexity index is 1150. The van der Waals surface area contributed by atoms with Gasteiger partial charge in [-0.05, 0) is 30.2 Å². The first kappa shape index (κ1) is 18.8. The molecule has 1 atom stereocenters. The number of aromatic nitrogens is 2. The molecule has 3 aromatic rings. The minimum atomic E-state index is -3.43. The van der Waals surface area contributed by atoms with Gasteiger partial charge in [0.15, 0.2) is 9.84 Å². The Morgan fingerprint density at radius 2 is 1.75 bits per heavy atom. The number of carbonyl (C=O) groups is 1. The number of amides is 1. The van der Waals surface area contributed by atoms with Crippen LogP contribution in [0.3, 0.4) is 0 Å². The highest BCUT2D eigenvalue weighted by Crippen LogP contribution is 2.34. The van der Waals surface area contributed by atoms with Crippen LogP contribution in [-0.4, -0.2) is 48.0 Å². The van der Waals surface area contributed by atoms with Gasteiger partial charge in [-0.15, -0.1) is 0 Å². The summed E-state index contributed by atoms with van der Waals surface area (Å²) in [5.74, 6) is -0.427. The monoisotopic (exact) mass is 415 g/mol. The molecule has 1 saturated heterocycles. The van der Waals surface area contributed by atoms with Gasteiger partial charge in [0.25, 0.3) is 5.91 Å². The van der Waals surface area contributed by atoms with E-state index < -0.39 is 15.1 Å². The van der Waals surface area contributed by atoms with Crippen LogP contribution in [0.2, 0.25) is 5.02 Å². The first-order valence-electron chi connectivity index (χ1n) is 8.93. The Morgan fingerprint density at radius 3 is 2.54 bits per heavy atom. The van der Waals surface area contributed by atoms with Crippen LogP contribution in [0.4, 0.5) is 0 Å². The van der Waals surface area contributed by atoms with Crippen LogP contribution in [0, 0.1) is 0 Å². The average Bonchev–Trinajstić information content (AvgIpc) is 2.85. The highest BCUT2D eigenvalue weighted by molar-refractivity contribution is 7.91. The molecule has 2 heterocycles. The van der Waals surface area contributed by atoms with E-state index in [0.29, 0.717) is 34.6 Å². The standard InChI is InChI=1S/C20H18ClN3O3S/c21-15-6-2-1-5-14(15)19-9-10-24(11-12-28(19,26)27)20(25)18-13-22-16-7-3-4-8-17(16)23-18/h1-8,13,19H,9-12H2. The predicted molar refractivity (Wildman–Crippen MR) is 108 cm³/mol. The molecule has 1 fully saturated rings. The third-order valence-electron chi connectivity index (χ3n) is 4.95. The molecule has 4 rings (SSSR count). The normalized spacial score (nSPS) is 19.3. The fraction of sp³-hybridized carbons (Fsp3) is 0.250. The SMILES string of the molecule is O=C(c1cnc2ccccc2n1)N1CCC(c2ccccc2Cl)S(=O)(=O)CC1. The highest BCUT2D eigenvalue weighted by atomic mass is 35.5. The van der Waals surface area contributed by atoms with Gasteiger partial charge in [-0.3, -0.25) is 9.78 Å². The lowest BCUT2D eigenvalue weighted by atomic mass is 10.1. The number of nitrogens with zero attached hydrogens (tertiary/aromatic N) is 3. The van der Waals surface area contributed by atoms with Gasteiger partial charge in [0.05, 0.1) is 28.2 Å². The zero-order valence-electron chi connectivity index (χ0n) is 15.0. The first-order valence-corrected chi connectivity index (χ1v) is 11.0. The van der Waals surface area contributed by atoms with Crippen molar-refractivity contribution < 1.29 is 13.2 Å².